The summed E-state index contributed by atoms with van der Waals surface area (Å²) in [6, 6.07) is 15.3. The highest BCUT2D eigenvalue weighted by Crippen LogP contribution is 2.23. The third-order valence-corrected chi connectivity index (χ3v) is 4.26. The zero-order valence-corrected chi connectivity index (χ0v) is 14.9. The van der Waals surface area contributed by atoms with Gasteiger partial charge in [-0.2, -0.15) is 8.78 Å². The number of hydrogen-bond acceptors (Lipinski definition) is 1. The molecule has 27 heavy (non-hydrogen) atoms. The largest absolute Gasteiger partial charge is 0.435 e. The van der Waals surface area contributed by atoms with Gasteiger partial charge in [0, 0.05) is 10.9 Å². The van der Waals surface area contributed by atoms with Crippen LogP contribution in [0, 0.1) is 17.7 Å². The van der Waals surface area contributed by atoms with Crippen molar-refractivity contribution in [1.82, 2.24) is 0 Å². The Hall–Kier alpha value is -2.93. The molecule has 3 rings (SSSR count). The van der Waals surface area contributed by atoms with E-state index in [1.807, 2.05) is 18.2 Å². The minimum atomic E-state index is -2.86. The smallest absolute Gasteiger partial charge is 0.387 e. The number of benzene rings is 3. The van der Waals surface area contributed by atoms with Crippen molar-refractivity contribution in [3.05, 3.63) is 77.1 Å². The van der Waals surface area contributed by atoms with Crippen molar-refractivity contribution >= 4 is 10.8 Å². The second kappa shape index (κ2) is 8.64. The summed E-state index contributed by atoms with van der Waals surface area (Å²) in [6.07, 6.45) is 3.22. The molecule has 0 spiro atoms. The van der Waals surface area contributed by atoms with Crippen molar-refractivity contribution < 1.29 is 17.9 Å². The van der Waals surface area contributed by atoms with E-state index in [-0.39, 0.29) is 11.6 Å². The summed E-state index contributed by atoms with van der Waals surface area (Å²) in [5, 5.41) is 1.41. The molecule has 0 aliphatic carbocycles. The Morgan fingerprint density at radius 1 is 0.963 bits per heavy atom. The number of ether oxygens (including phenoxy) is 1. The number of rotatable bonds is 5. The molecule has 0 bridgehead atoms. The fourth-order valence-corrected chi connectivity index (χ4v) is 2.83. The van der Waals surface area contributed by atoms with Gasteiger partial charge in [-0.05, 0) is 54.1 Å². The van der Waals surface area contributed by atoms with E-state index in [9.17, 15) is 13.2 Å². The molecule has 3 aromatic rings. The van der Waals surface area contributed by atoms with Crippen LogP contribution in [0.3, 0.4) is 0 Å². The standard InChI is InChI=1S/C23H19F3O/c1-2-3-4-17-8-14-21-19(15-17)11-10-18(22(21)24)9-5-16-6-12-20(13-7-16)27-23(25)26/h6-8,10-15,23H,2-4H2,1H3. The molecule has 0 aromatic heterocycles. The van der Waals surface area contributed by atoms with E-state index in [1.54, 1.807) is 24.3 Å². The van der Waals surface area contributed by atoms with Crippen molar-refractivity contribution in [2.24, 2.45) is 0 Å². The maximum atomic E-state index is 14.8. The van der Waals surface area contributed by atoms with E-state index in [4.69, 9.17) is 0 Å². The van der Waals surface area contributed by atoms with Gasteiger partial charge in [-0.15, -0.1) is 0 Å². The fraction of sp³-hybridized carbons (Fsp3) is 0.217. The van der Waals surface area contributed by atoms with Gasteiger partial charge < -0.3 is 4.74 Å². The van der Waals surface area contributed by atoms with Gasteiger partial charge in [0.2, 0.25) is 0 Å². The molecule has 1 nitrogen and oxygen atoms in total. The molecule has 0 amide bonds. The Morgan fingerprint density at radius 2 is 1.74 bits per heavy atom. The SMILES string of the molecule is CCCCc1ccc2c(F)c(C#Cc3ccc(OC(F)F)cc3)ccc2c1. The third-order valence-electron chi connectivity index (χ3n) is 4.26. The molecule has 3 aromatic carbocycles. The van der Waals surface area contributed by atoms with E-state index in [0.717, 1.165) is 24.6 Å². The van der Waals surface area contributed by atoms with Crippen LogP contribution in [0.4, 0.5) is 13.2 Å². The van der Waals surface area contributed by atoms with E-state index in [0.29, 0.717) is 16.5 Å². The Labute approximate surface area is 156 Å². The van der Waals surface area contributed by atoms with Crippen LogP contribution in [-0.2, 0) is 6.42 Å². The monoisotopic (exact) mass is 368 g/mol. The van der Waals surface area contributed by atoms with Gasteiger partial charge >= 0.3 is 6.61 Å². The molecule has 0 saturated carbocycles. The van der Waals surface area contributed by atoms with E-state index in [2.05, 4.69) is 23.5 Å². The van der Waals surface area contributed by atoms with Gasteiger partial charge in [0.1, 0.15) is 11.6 Å². The van der Waals surface area contributed by atoms with Gasteiger partial charge in [0.15, 0.2) is 0 Å². The summed E-state index contributed by atoms with van der Waals surface area (Å²) in [5.41, 5.74) is 2.09. The maximum absolute atomic E-state index is 14.8. The van der Waals surface area contributed by atoms with Crippen LogP contribution >= 0.6 is 0 Å². The minimum Gasteiger partial charge on any atom is -0.435 e. The Morgan fingerprint density at radius 3 is 2.44 bits per heavy atom. The molecular weight excluding hydrogens is 349 g/mol. The quantitative estimate of drug-likeness (QED) is 0.479. The number of halogens is 3. The predicted octanol–water partition coefficient (Wildman–Crippen LogP) is 6.32. The maximum Gasteiger partial charge on any atom is 0.387 e. The van der Waals surface area contributed by atoms with Crippen LogP contribution in [0.5, 0.6) is 5.75 Å². The first-order valence-electron chi connectivity index (χ1n) is 8.85. The lowest BCUT2D eigenvalue weighted by atomic mass is 10.0. The first kappa shape index (κ1) is 18.8. The summed E-state index contributed by atoms with van der Waals surface area (Å²) in [4.78, 5) is 0. The average Bonchev–Trinajstić information content (AvgIpc) is 2.66. The summed E-state index contributed by atoms with van der Waals surface area (Å²) >= 11 is 0. The molecule has 0 N–H and O–H groups in total. The molecular formula is C23H19F3O. The number of alkyl halides is 2. The fourth-order valence-electron chi connectivity index (χ4n) is 2.83. The molecule has 0 aliphatic heterocycles. The second-order valence-electron chi connectivity index (χ2n) is 6.24. The van der Waals surface area contributed by atoms with Gasteiger partial charge in [-0.1, -0.05) is 49.5 Å². The Kier molecular flexibility index (Phi) is 6.03. The van der Waals surface area contributed by atoms with Gasteiger partial charge in [0.05, 0.1) is 5.56 Å². The summed E-state index contributed by atoms with van der Waals surface area (Å²) in [5.74, 6) is 5.38. The van der Waals surface area contributed by atoms with Crippen molar-refractivity contribution in [2.45, 2.75) is 32.8 Å². The zero-order valence-electron chi connectivity index (χ0n) is 14.9. The molecule has 0 fully saturated rings. The highest BCUT2D eigenvalue weighted by Gasteiger charge is 2.07. The molecule has 4 heteroatoms. The van der Waals surface area contributed by atoms with E-state index >= 15 is 0 Å². The number of unbranched alkanes of at least 4 members (excludes halogenated alkanes) is 1. The molecule has 138 valence electrons. The summed E-state index contributed by atoms with van der Waals surface area (Å²) in [6.45, 7) is -0.721. The molecule has 0 unspecified atom stereocenters. The zero-order chi connectivity index (χ0) is 19.2. The molecule has 0 radical (unpaired) electrons. The van der Waals surface area contributed by atoms with Crippen molar-refractivity contribution in [3.8, 4) is 17.6 Å². The van der Waals surface area contributed by atoms with Crippen LogP contribution in [0.15, 0.2) is 54.6 Å². The van der Waals surface area contributed by atoms with Crippen LogP contribution in [0.25, 0.3) is 10.8 Å². The summed E-state index contributed by atoms with van der Waals surface area (Å²) < 4.78 is 43.4. The van der Waals surface area contributed by atoms with Crippen molar-refractivity contribution in [1.29, 1.82) is 0 Å². The average molecular weight is 368 g/mol. The normalized spacial score (nSPS) is 10.7. The minimum absolute atomic E-state index is 0.0614. The lowest BCUT2D eigenvalue weighted by Gasteiger charge is -2.05. The first-order chi connectivity index (χ1) is 13.1. The van der Waals surface area contributed by atoms with Crippen LogP contribution in [0.2, 0.25) is 0 Å². The lowest BCUT2D eigenvalue weighted by molar-refractivity contribution is -0.0498. The second-order valence-corrected chi connectivity index (χ2v) is 6.24. The topological polar surface area (TPSA) is 9.23 Å². The van der Waals surface area contributed by atoms with Gasteiger partial charge in [-0.25, -0.2) is 4.39 Å². The van der Waals surface area contributed by atoms with Crippen molar-refractivity contribution in [2.75, 3.05) is 0 Å². The Bertz CT molecular complexity index is 982. The van der Waals surface area contributed by atoms with Gasteiger partial charge in [0.25, 0.3) is 0 Å². The third kappa shape index (κ3) is 4.83. The molecule has 0 saturated heterocycles. The lowest BCUT2D eigenvalue weighted by Crippen LogP contribution is -2.01. The number of hydrogen-bond donors (Lipinski definition) is 0. The first-order valence-corrected chi connectivity index (χ1v) is 8.85. The van der Waals surface area contributed by atoms with Crippen LogP contribution in [-0.4, -0.2) is 6.61 Å². The van der Waals surface area contributed by atoms with E-state index < -0.39 is 6.61 Å². The molecule has 0 atom stereocenters. The highest BCUT2D eigenvalue weighted by molar-refractivity contribution is 5.85. The molecule has 0 heterocycles. The Balaban J connectivity index is 1.83. The number of aryl methyl sites for hydroxylation is 1. The predicted molar refractivity (Wildman–Crippen MR) is 102 cm³/mol. The molecule has 0 aliphatic rings. The summed E-state index contributed by atoms with van der Waals surface area (Å²) in [7, 11) is 0. The van der Waals surface area contributed by atoms with Crippen molar-refractivity contribution in [3.63, 3.8) is 0 Å². The number of fused-ring (bicyclic) bond motifs is 1. The van der Waals surface area contributed by atoms with Gasteiger partial charge in [-0.3, -0.25) is 0 Å². The van der Waals surface area contributed by atoms with Crippen LogP contribution < -0.4 is 4.74 Å². The van der Waals surface area contributed by atoms with E-state index in [1.165, 1.54) is 17.7 Å². The van der Waals surface area contributed by atoms with Crippen LogP contribution in [0.1, 0.15) is 36.5 Å². The highest BCUT2D eigenvalue weighted by atomic mass is 19.3.